The zero-order valence-electron chi connectivity index (χ0n) is 8.57. The topological polar surface area (TPSA) is 37.8 Å². The van der Waals surface area contributed by atoms with Crippen LogP contribution in [0.3, 0.4) is 0 Å². The minimum atomic E-state index is 0.515. The van der Waals surface area contributed by atoms with Gasteiger partial charge in [-0.15, -0.1) is 0 Å². The van der Waals surface area contributed by atoms with Gasteiger partial charge in [-0.3, -0.25) is 4.98 Å². The van der Waals surface area contributed by atoms with E-state index in [1.807, 2.05) is 24.5 Å². The van der Waals surface area contributed by atoms with Crippen LogP contribution in [0.1, 0.15) is 5.56 Å². The molecule has 0 saturated carbocycles. The first-order valence-electron chi connectivity index (χ1n) is 5.18. The summed E-state index contributed by atoms with van der Waals surface area (Å²) in [6.45, 7) is 0.967. The van der Waals surface area contributed by atoms with Crippen LogP contribution >= 0.6 is 11.6 Å². The second-order valence-corrected chi connectivity index (χ2v) is 4.12. The van der Waals surface area contributed by atoms with E-state index in [-0.39, 0.29) is 0 Å². The summed E-state index contributed by atoms with van der Waals surface area (Å²) in [5, 5.41) is 3.82. The largest absolute Gasteiger partial charge is 0.383 e. The highest BCUT2D eigenvalue weighted by Crippen LogP contribution is 2.31. The third-order valence-corrected chi connectivity index (χ3v) is 2.95. The van der Waals surface area contributed by atoms with Gasteiger partial charge >= 0.3 is 0 Å². The Kier molecular flexibility index (Phi) is 2.26. The van der Waals surface area contributed by atoms with E-state index >= 15 is 0 Å². The lowest BCUT2D eigenvalue weighted by Crippen LogP contribution is -1.91. The first-order chi connectivity index (χ1) is 7.84. The number of halogens is 1. The van der Waals surface area contributed by atoms with Crippen LogP contribution in [0.2, 0.25) is 5.15 Å². The zero-order chi connectivity index (χ0) is 11.0. The molecule has 3 rings (SSSR count). The minimum absolute atomic E-state index is 0.515. The van der Waals surface area contributed by atoms with Gasteiger partial charge in [0.15, 0.2) is 0 Å². The summed E-state index contributed by atoms with van der Waals surface area (Å²) in [5.74, 6) is 0. The Hall–Kier alpha value is -1.61. The monoisotopic (exact) mass is 231 g/mol. The summed E-state index contributed by atoms with van der Waals surface area (Å²) in [6, 6.07) is 5.65. The molecule has 0 aromatic carbocycles. The fraction of sp³-hybridized carbons (Fsp3) is 0.167. The maximum atomic E-state index is 5.90. The molecule has 2 aromatic rings. The van der Waals surface area contributed by atoms with Crippen LogP contribution < -0.4 is 5.32 Å². The van der Waals surface area contributed by atoms with Crippen LogP contribution in [-0.2, 0) is 6.42 Å². The molecule has 3 heterocycles. The van der Waals surface area contributed by atoms with Crippen molar-refractivity contribution in [3.63, 3.8) is 0 Å². The molecule has 0 spiro atoms. The van der Waals surface area contributed by atoms with Crippen molar-refractivity contribution in [2.45, 2.75) is 6.42 Å². The Morgan fingerprint density at radius 2 is 2.19 bits per heavy atom. The van der Waals surface area contributed by atoms with E-state index in [0.29, 0.717) is 5.15 Å². The number of hydrogen-bond donors (Lipinski definition) is 1. The fourth-order valence-corrected chi connectivity index (χ4v) is 2.17. The maximum absolute atomic E-state index is 5.90. The lowest BCUT2D eigenvalue weighted by molar-refractivity contribution is 1.10. The Labute approximate surface area is 98.5 Å². The highest BCUT2D eigenvalue weighted by atomic mass is 35.5. The van der Waals surface area contributed by atoms with Crippen molar-refractivity contribution in [1.82, 2.24) is 9.97 Å². The summed E-state index contributed by atoms with van der Waals surface area (Å²) >= 11 is 5.90. The quantitative estimate of drug-likeness (QED) is 0.767. The standard InChI is InChI=1S/C12H10ClN3/c13-12-3-1-2-10(16-12)9-6-14-7-11-8(9)4-5-15-11/h1-3,6-7,15H,4-5H2. The first-order valence-corrected chi connectivity index (χ1v) is 5.56. The number of anilines is 1. The molecule has 1 aliphatic heterocycles. The molecule has 0 saturated heterocycles. The molecule has 1 aliphatic rings. The SMILES string of the molecule is Clc1cccc(-c2cncc3c2CCN3)n1. The summed E-state index contributed by atoms with van der Waals surface area (Å²) in [7, 11) is 0. The zero-order valence-corrected chi connectivity index (χ0v) is 9.33. The molecular weight excluding hydrogens is 222 g/mol. The number of nitrogens with zero attached hydrogens (tertiary/aromatic N) is 2. The summed E-state index contributed by atoms with van der Waals surface area (Å²) in [6.07, 6.45) is 4.72. The van der Waals surface area contributed by atoms with Crippen LogP contribution in [-0.4, -0.2) is 16.5 Å². The highest BCUT2D eigenvalue weighted by Gasteiger charge is 2.16. The van der Waals surface area contributed by atoms with Gasteiger partial charge < -0.3 is 5.32 Å². The molecule has 0 bridgehead atoms. The van der Waals surface area contributed by atoms with Crippen LogP contribution in [0.15, 0.2) is 30.6 Å². The second-order valence-electron chi connectivity index (χ2n) is 3.74. The molecular formula is C12H10ClN3. The van der Waals surface area contributed by atoms with Gasteiger partial charge in [0.25, 0.3) is 0 Å². The molecule has 0 aliphatic carbocycles. The summed E-state index contributed by atoms with van der Waals surface area (Å²) in [5.41, 5.74) is 4.36. The van der Waals surface area contributed by atoms with E-state index in [4.69, 9.17) is 11.6 Å². The molecule has 16 heavy (non-hydrogen) atoms. The van der Waals surface area contributed by atoms with Crippen molar-refractivity contribution < 1.29 is 0 Å². The molecule has 0 amide bonds. The Bertz CT molecular complexity index is 540. The average molecular weight is 232 g/mol. The third kappa shape index (κ3) is 1.53. The molecule has 0 atom stereocenters. The number of hydrogen-bond acceptors (Lipinski definition) is 3. The molecule has 3 nitrogen and oxygen atoms in total. The molecule has 0 radical (unpaired) electrons. The average Bonchev–Trinajstić information content (AvgIpc) is 2.76. The van der Waals surface area contributed by atoms with Crippen LogP contribution in [0, 0.1) is 0 Å². The van der Waals surface area contributed by atoms with Gasteiger partial charge in [0, 0.05) is 18.3 Å². The van der Waals surface area contributed by atoms with Crippen molar-refractivity contribution in [2.75, 3.05) is 11.9 Å². The van der Waals surface area contributed by atoms with E-state index in [1.54, 1.807) is 6.07 Å². The van der Waals surface area contributed by atoms with Crippen molar-refractivity contribution in [1.29, 1.82) is 0 Å². The van der Waals surface area contributed by atoms with Gasteiger partial charge in [-0.05, 0) is 24.1 Å². The normalized spacial score (nSPS) is 13.3. The van der Waals surface area contributed by atoms with Crippen molar-refractivity contribution in [3.05, 3.63) is 41.3 Å². The second kappa shape index (κ2) is 3.76. The van der Waals surface area contributed by atoms with Crippen molar-refractivity contribution in [2.24, 2.45) is 0 Å². The Balaban J connectivity index is 2.17. The molecule has 2 aromatic heterocycles. The Morgan fingerprint density at radius 3 is 3.06 bits per heavy atom. The molecule has 0 fully saturated rings. The lowest BCUT2D eigenvalue weighted by Gasteiger charge is -2.06. The van der Waals surface area contributed by atoms with Gasteiger partial charge in [-0.25, -0.2) is 4.98 Å². The van der Waals surface area contributed by atoms with E-state index in [2.05, 4.69) is 15.3 Å². The predicted molar refractivity (Wildman–Crippen MR) is 64.7 cm³/mol. The number of fused-ring (bicyclic) bond motifs is 1. The number of pyridine rings is 2. The lowest BCUT2D eigenvalue weighted by atomic mass is 10.0. The van der Waals surface area contributed by atoms with Gasteiger partial charge in [0.1, 0.15) is 5.15 Å². The number of aromatic nitrogens is 2. The summed E-state index contributed by atoms with van der Waals surface area (Å²) < 4.78 is 0. The molecule has 4 heteroatoms. The van der Waals surface area contributed by atoms with E-state index < -0.39 is 0 Å². The van der Waals surface area contributed by atoms with Gasteiger partial charge in [-0.2, -0.15) is 0 Å². The molecule has 80 valence electrons. The molecule has 1 N–H and O–H groups in total. The first kappa shape index (κ1) is 9.60. The highest BCUT2D eigenvalue weighted by molar-refractivity contribution is 6.29. The van der Waals surface area contributed by atoms with E-state index in [9.17, 15) is 0 Å². The van der Waals surface area contributed by atoms with E-state index in [1.165, 1.54) is 5.56 Å². The van der Waals surface area contributed by atoms with Gasteiger partial charge in [0.2, 0.25) is 0 Å². The predicted octanol–water partition coefficient (Wildman–Crippen LogP) is 2.77. The number of nitrogens with one attached hydrogen (secondary N) is 1. The van der Waals surface area contributed by atoms with Crippen molar-refractivity contribution >= 4 is 17.3 Å². The Morgan fingerprint density at radius 1 is 1.25 bits per heavy atom. The molecule has 0 unspecified atom stereocenters. The maximum Gasteiger partial charge on any atom is 0.129 e. The third-order valence-electron chi connectivity index (χ3n) is 2.74. The van der Waals surface area contributed by atoms with Gasteiger partial charge in [0.05, 0.1) is 17.6 Å². The van der Waals surface area contributed by atoms with E-state index in [0.717, 1.165) is 29.9 Å². The number of rotatable bonds is 1. The smallest absolute Gasteiger partial charge is 0.129 e. The minimum Gasteiger partial charge on any atom is -0.383 e. The van der Waals surface area contributed by atoms with Crippen LogP contribution in [0.4, 0.5) is 5.69 Å². The van der Waals surface area contributed by atoms with Crippen LogP contribution in [0.25, 0.3) is 11.3 Å². The van der Waals surface area contributed by atoms with Crippen LogP contribution in [0.5, 0.6) is 0 Å². The fourth-order valence-electron chi connectivity index (χ4n) is 2.01. The summed E-state index contributed by atoms with van der Waals surface area (Å²) in [4.78, 5) is 8.54. The van der Waals surface area contributed by atoms with Crippen molar-refractivity contribution in [3.8, 4) is 11.3 Å². The van der Waals surface area contributed by atoms with Gasteiger partial charge in [-0.1, -0.05) is 17.7 Å².